The van der Waals surface area contributed by atoms with Crippen molar-refractivity contribution < 1.29 is 15.0 Å². The van der Waals surface area contributed by atoms with E-state index in [1.54, 1.807) is 6.92 Å². The summed E-state index contributed by atoms with van der Waals surface area (Å²) in [6, 6.07) is -0.953. The van der Waals surface area contributed by atoms with E-state index in [1.165, 1.54) is 0 Å². The minimum Gasteiger partial charge on any atom is -0.548 e. The molecule has 0 bridgehead atoms. The van der Waals surface area contributed by atoms with E-state index in [1.807, 2.05) is 0 Å². The van der Waals surface area contributed by atoms with Crippen molar-refractivity contribution in [1.82, 2.24) is 10.6 Å². The molecule has 0 saturated carbocycles. The van der Waals surface area contributed by atoms with Gasteiger partial charge in [-0.25, -0.2) is 0 Å². The molecule has 0 spiro atoms. The molecule has 11 heavy (non-hydrogen) atoms. The highest BCUT2D eigenvalue weighted by Gasteiger charge is 2.26. The smallest absolute Gasteiger partial charge is 0.0871 e. The molecular weight excluding hydrogens is 148 g/mol. The molecule has 3 atom stereocenters. The quantitative estimate of drug-likeness (QED) is 0.380. The fourth-order valence-electron chi connectivity index (χ4n) is 1.08. The molecule has 0 amide bonds. The molecule has 0 aromatic rings. The van der Waals surface area contributed by atoms with Gasteiger partial charge in [-0.3, -0.25) is 10.6 Å². The fraction of sp³-hybridized carbons (Fsp3) is 0.833. The first kappa shape index (κ1) is 8.45. The Balaban J connectivity index is 2.54. The van der Waals surface area contributed by atoms with Gasteiger partial charge in [-0.05, 0) is 6.92 Å². The first-order chi connectivity index (χ1) is 5.11. The Morgan fingerprint density at radius 1 is 1.73 bits per heavy atom. The van der Waals surface area contributed by atoms with E-state index in [-0.39, 0.29) is 12.7 Å². The highest BCUT2D eigenvalue weighted by Crippen LogP contribution is 1.98. The Labute approximate surface area is 64.4 Å². The van der Waals surface area contributed by atoms with Gasteiger partial charge >= 0.3 is 0 Å². The van der Waals surface area contributed by atoms with Crippen molar-refractivity contribution >= 4 is 5.97 Å². The summed E-state index contributed by atoms with van der Waals surface area (Å²) in [5.41, 5.74) is 0. The molecule has 0 aromatic heterocycles. The van der Waals surface area contributed by atoms with E-state index in [0.29, 0.717) is 0 Å². The second-order valence-electron chi connectivity index (χ2n) is 2.66. The maximum absolute atomic E-state index is 10.3. The molecule has 0 radical (unpaired) electrons. The minimum atomic E-state index is -1.26. The third-order valence-electron chi connectivity index (χ3n) is 1.70. The minimum absolute atomic E-state index is 0.0960. The van der Waals surface area contributed by atoms with E-state index in [2.05, 4.69) is 10.6 Å². The Hall–Kier alpha value is -0.650. The number of hydrogen-bond acceptors (Lipinski definition) is 5. The number of carbonyl (C=O) groups excluding carboxylic acids is 1. The number of rotatable bonds is 1. The van der Waals surface area contributed by atoms with Crippen LogP contribution in [0, 0.1) is 0 Å². The van der Waals surface area contributed by atoms with Gasteiger partial charge in [0.2, 0.25) is 0 Å². The van der Waals surface area contributed by atoms with Crippen molar-refractivity contribution in [3.8, 4) is 0 Å². The number of β-amino-alcohol motifs (C(OH)–C–C–N with tert-alkyl or cyclic N) is 1. The number of aliphatic carboxylic acids is 1. The third-order valence-corrected chi connectivity index (χ3v) is 1.70. The number of carboxylic acid groups (broad SMARTS) is 1. The highest BCUT2D eigenvalue weighted by molar-refractivity contribution is 5.72. The lowest BCUT2D eigenvalue weighted by molar-refractivity contribution is -0.311. The molecule has 1 aliphatic rings. The second-order valence-corrected chi connectivity index (χ2v) is 2.66. The first-order valence-electron chi connectivity index (χ1n) is 3.49. The first-order valence-corrected chi connectivity index (χ1v) is 3.49. The lowest BCUT2D eigenvalue weighted by Crippen LogP contribution is -2.65. The van der Waals surface area contributed by atoms with Gasteiger partial charge in [-0.1, -0.05) is 0 Å². The number of carboxylic acids is 1. The zero-order chi connectivity index (χ0) is 8.43. The highest BCUT2D eigenvalue weighted by atomic mass is 16.4. The summed E-state index contributed by atoms with van der Waals surface area (Å²) in [5, 5.41) is 25.0. The largest absolute Gasteiger partial charge is 0.548 e. The van der Waals surface area contributed by atoms with Gasteiger partial charge in [-0.2, -0.15) is 0 Å². The number of aliphatic hydroxyl groups excluding tert-OH is 1. The van der Waals surface area contributed by atoms with Gasteiger partial charge in [0.25, 0.3) is 0 Å². The summed E-state index contributed by atoms with van der Waals surface area (Å²) >= 11 is 0. The maximum atomic E-state index is 10.3. The van der Waals surface area contributed by atoms with Crippen molar-refractivity contribution in [3.63, 3.8) is 0 Å². The monoisotopic (exact) mass is 159 g/mol. The molecule has 64 valence electrons. The van der Waals surface area contributed by atoms with E-state index in [9.17, 15) is 9.90 Å². The zero-order valence-electron chi connectivity index (χ0n) is 6.20. The summed E-state index contributed by atoms with van der Waals surface area (Å²) in [6.07, 6.45) is -1.00. The molecule has 0 aliphatic carbocycles. The molecule has 1 rings (SSSR count). The van der Waals surface area contributed by atoms with Crippen LogP contribution in [0.25, 0.3) is 0 Å². The van der Waals surface area contributed by atoms with Crippen LogP contribution in [-0.2, 0) is 4.79 Å². The van der Waals surface area contributed by atoms with Crippen LogP contribution in [0.5, 0.6) is 0 Å². The zero-order valence-corrected chi connectivity index (χ0v) is 6.20. The molecule has 3 N–H and O–H groups in total. The topological polar surface area (TPSA) is 84.4 Å². The maximum Gasteiger partial charge on any atom is 0.0871 e. The predicted octanol–water partition coefficient (Wildman–Crippen LogP) is -3.00. The Kier molecular flexibility index (Phi) is 2.43. The lowest BCUT2D eigenvalue weighted by Gasteiger charge is -2.34. The van der Waals surface area contributed by atoms with Crippen LogP contribution in [0.1, 0.15) is 6.92 Å². The SMILES string of the molecule is CC1NC[C@@H](O)[C@@H](C(=O)[O-])N1. The summed E-state index contributed by atoms with van der Waals surface area (Å²) < 4.78 is 0. The summed E-state index contributed by atoms with van der Waals surface area (Å²) in [7, 11) is 0. The van der Waals surface area contributed by atoms with Crippen molar-refractivity contribution in [2.24, 2.45) is 0 Å². The standard InChI is InChI=1S/C6H12N2O3/c1-3-7-2-4(9)5(8-3)6(10)11/h3-5,7-9H,2H2,1H3,(H,10,11)/p-1/t3?,4-,5+/m1/s1. The Bertz CT molecular complexity index is 162. The van der Waals surface area contributed by atoms with Crippen LogP contribution in [0.3, 0.4) is 0 Å². The predicted molar refractivity (Wildman–Crippen MR) is 35.4 cm³/mol. The normalized spacial score (nSPS) is 38.5. The molecule has 1 aliphatic heterocycles. The number of carbonyl (C=O) groups is 1. The molecular formula is C6H11N2O3-. The van der Waals surface area contributed by atoms with Gasteiger partial charge in [0.1, 0.15) is 0 Å². The average molecular weight is 159 g/mol. The second kappa shape index (κ2) is 3.17. The van der Waals surface area contributed by atoms with Crippen molar-refractivity contribution in [1.29, 1.82) is 0 Å². The van der Waals surface area contributed by atoms with Gasteiger partial charge in [-0.15, -0.1) is 0 Å². The van der Waals surface area contributed by atoms with Gasteiger partial charge in [0, 0.05) is 6.54 Å². The molecule has 1 unspecified atom stereocenters. The van der Waals surface area contributed by atoms with Crippen LogP contribution < -0.4 is 15.7 Å². The molecule has 0 aromatic carbocycles. The molecule has 1 saturated heterocycles. The van der Waals surface area contributed by atoms with Crippen LogP contribution in [0.4, 0.5) is 0 Å². The van der Waals surface area contributed by atoms with Crippen molar-refractivity contribution in [2.75, 3.05) is 6.54 Å². The molecule has 1 fully saturated rings. The van der Waals surface area contributed by atoms with Crippen LogP contribution in [0.15, 0.2) is 0 Å². The number of nitrogens with one attached hydrogen (secondary N) is 2. The molecule has 1 heterocycles. The van der Waals surface area contributed by atoms with Crippen molar-refractivity contribution in [3.05, 3.63) is 0 Å². The van der Waals surface area contributed by atoms with E-state index >= 15 is 0 Å². The van der Waals surface area contributed by atoms with E-state index in [4.69, 9.17) is 5.11 Å². The Morgan fingerprint density at radius 2 is 2.36 bits per heavy atom. The van der Waals surface area contributed by atoms with Crippen LogP contribution in [-0.4, -0.2) is 35.9 Å². The summed E-state index contributed by atoms with van der Waals surface area (Å²) in [5.74, 6) is -1.26. The average Bonchev–Trinajstić information content (AvgIpc) is 1.94. The fourth-order valence-corrected chi connectivity index (χ4v) is 1.08. The third kappa shape index (κ3) is 1.89. The number of aliphatic hydroxyl groups is 1. The van der Waals surface area contributed by atoms with Crippen LogP contribution >= 0.6 is 0 Å². The number of hydrogen-bond donors (Lipinski definition) is 3. The summed E-state index contributed by atoms with van der Waals surface area (Å²) in [6.45, 7) is 2.06. The molecule has 5 nitrogen and oxygen atoms in total. The van der Waals surface area contributed by atoms with Gasteiger partial charge < -0.3 is 15.0 Å². The van der Waals surface area contributed by atoms with Gasteiger partial charge in [0.05, 0.1) is 24.3 Å². The lowest BCUT2D eigenvalue weighted by atomic mass is 10.1. The summed E-state index contributed by atoms with van der Waals surface area (Å²) in [4.78, 5) is 10.3. The molecule has 5 heteroatoms. The Morgan fingerprint density at radius 3 is 2.82 bits per heavy atom. The van der Waals surface area contributed by atoms with Crippen LogP contribution in [0.2, 0.25) is 0 Å². The van der Waals surface area contributed by atoms with E-state index in [0.717, 1.165) is 0 Å². The van der Waals surface area contributed by atoms with Crippen molar-refractivity contribution in [2.45, 2.75) is 25.2 Å². The van der Waals surface area contributed by atoms with Gasteiger partial charge in [0.15, 0.2) is 0 Å². The van der Waals surface area contributed by atoms with E-state index < -0.39 is 18.1 Å².